The van der Waals surface area contributed by atoms with Gasteiger partial charge in [0.15, 0.2) is 0 Å². The molecule has 2 N–H and O–H groups in total. The monoisotopic (exact) mass is 235 g/mol. The Morgan fingerprint density at radius 3 is 2.59 bits per heavy atom. The van der Waals surface area contributed by atoms with E-state index in [1.54, 1.807) is 0 Å². The van der Waals surface area contributed by atoms with Gasteiger partial charge in [-0.2, -0.15) is 0 Å². The summed E-state index contributed by atoms with van der Waals surface area (Å²) in [6, 6.07) is 8.18. The fourth-order valence-electron chi connectivity index (χ4n) is 2.16. The Morgan fingerprint density at radius 2 is 2.00 bits per heavy atom. The Kier molecular flexibility index (Phi) is 4.02. The van der Waals surface area contributed by atoms with Crippen LogP contribution in [0.5, 0.6) is 5.75 Å². The molecule has 1 aromatic carbocycles. The fourth-order valence-corrected chi connectivity index (χ4v) is 2.16. The molecule has 0 amide bonds. The van der Waals surface area contributed by atoms with Crippen LogP contribution in [0.1, 0.15) is 38.4 Å². The van der Waals surface area contributed by atoms with E-state index >= 15 is 0 Å². The number of hydrogen-bond donors (Lipinski definition) is 1. The average Bonchev–Trinajstić information content (AvgIpc) is 2.30. The van der Waals surface area contributed by atoms with Crippen molar-refractivity contribution in [3.8, 4) is 5.75 Å². The summed E-state index contributed by atoms with van der Waals surface area (Å²) in [5, 5.41) is 0. The molecule has 0 aromatic heterocycles. The Bertz CT molecular complexity index is 348. The summed E-state index contributed by atoms with van der Waals surface area (Å²) >= 11 is 0. The summed E-state index contributed by atoms with van der Waals surface area (Å²) in [6.07, 6.45) is 2.34. The first-order valence-electron chi connectivity index (χ1n) is 6.30. The van der Waals surface area contributed by atoms with E-state index in [2.05, 4.69) is 0 Å². The van der Waals surface area contributed by atoms with Gasteiger partial charge in [0.2, 0.25) is 0 Å². The summed E-state index contributed by atoms with van der Waals surface area (Å²) < 4.78 is 11.3. The van der Waals surface area contributed by atoms with Crippen molar-refractivity contribution >= 4 is 0 Å². The molecule has 94 valence electrons. The predicted molar refractivity (Wildman–Crippen MR) is 68.1 cm³/mol. The summed E-state index contributed by atoms with van der Waals surface area (Å²) in [5.74, 6) is 0.896. The standard InChI is InChI=1S/C14H21NO2/c1-10(2)17-12-7-5-11(6-8-12)14-13(15)4-3-9-16-14/h5-8,10,13-14H,3-4,9,15H2,1-2H3. The lowest BCUT2D eigenvalue weighted by atomic mass is 9.97. The van der Waals surface area contributed by atoms with Crippen molar-refractivity contribution in [2.24, 2.45) is 5.73 Å². The first-order valence-corrected chi connectivity index (χ1v) is 6.30. The van der Waals surface area contributed by atoms with Crippen LogP contribution in [-0.4, -0.2) is 18.8 Å². The molecule has 0 spiro atoms. The second kappa shape index (κ2) is 5.52. The molecule has 1 fully saturated rings. The van der Waals surface area contributed by atoms with Crippen LogP contribution in [0.4, 0.5) is 0 Å². The van der Waals surface area contributed by atoms with Crippen molar-refractivity contribution in [2.45, 2.75) is 44.9 Å². The highest BCUT2D eigenvalue weighted by molar-refractivity contribution is 5.29. The molecule has 1 aliphatic heterocycles. The third-order valence-electron chi connectivity index (χ3n) is 2.95. The van der Waals surface area contributed by atoms with Crippen LogP contribution in [0.3, 0.4) is 0 Å². The molecule has 0 saturated carbocycles. The molecule has 1 saturated heterocycles. The molecule has 2 atom stereocenters. The maximum Gasteiger partial charge on any atom is 0.119 e. The molecule has 17 heavy (non-hydrogen) atoms. The molecule has 2 unspecified atom stereocenters. The van der Waals surface area contributed by atoms with Crippen LogP contribution < -0.4 is 10.5 Å². The second-order valence-electron chi connectivity index (χ2n) is 4.83. The Morgan fingerprint density at radius 1 is 1.29 bits per heavy atom. The quantitative estimate of drug-likeness (QED) is 0.876. The summed E-state index contributed by atoms with van der Waals surface area (Å²) in [4.78, 5) is 0. The largest absolute Gasteiger partial charge is 0.491 e. The number of nitrogens with two attached hydrogens (primary N) is 1. The van der Waals surface area contributed by atoms with Gasteiger partial charge in [-0.3, -0.25) is 0 Å². The van der Waals surface area contributed by atoms with Crippen molar-refractivity contribution in [3.63, 3.8) is 0 Å². The molecule has 1 aromatic rings. The zero-order valence-electron chi connectivity index (χ0n) is 10.6. The zero-order valence-corrected chi connectivity index (χ0v) is 10.6. The molecule has 1 heterocycles. The SMILES string of the molecule is CC(C)Oc1ccc(C2OCCCC2N)cc1. The van der Waals surface area contributed by atoms with Crippen molar-refractivity contribution in [1.82, 2.24) is 0 Å². The minimum Gasteiger partial charge on any atom is -0.491 e. The van der Waals surface area contributed by atoms with Gasteiger partial charge in [0.25, 0.3) is 0 Å². The molecule has 3 nitrogen and oxygen atoms in total. The molecule has 0 bridgehead atoms. The first kappa shape index (κ1) is 12.4. The first-order chi connectivity index (χ1) is 8.16. The van der Waals surface area contributed by atoms with E-state index in [1.807, 2.05) is 38.1 Å². The van der Waals surface area contributed by atoms with Crippen molar-refractivity contribution < 1.29 is 9.47 Å². The highest BCUT2D eigenvalue weighted by Crippen LogP contribution is 2.28. The summed E-state index contributed by atoms with van der Waals surface area (Å²) in [5.41, 5.74) is 7.22. The summed E-state index contributed by atoms with van der Waals surface area (Å²) in [7, 11) is 0. The molecule has 3 heteroatoms. The van der Waals surface area contributed by atoms with Gasteiger partial charge in [0, 0.05) is 12.6 Å². The van der Waals surface area contributed by atoms with Gasteiger partial charge >= 0.3 is 0 Å². The summed E-state index contributed by atoms with van der Waals surface area (Å²) in [6.45, 7) is 4.85. The van der Waals surface area contributed by atoms with E-state index in [0.717, 1.165) is 30.8 Å². The highest BCUT2D eigenvalue weighted by atomic mass is 16.5. The Hall–Kier alpha value is -1.06. The molecular weight excluding hydrogens is 214 g/mol. The predicted octanol–water partition coefficient (Wildman–Crippen LogP) is 2.65. The van der Waals surface area contributed by atoms with E-state index in [4.69, 9.17) is 15.2 Å². The molecule has 0 aliphatic carbocycles. The van der Waals surface area contributed by atoms with E-state index in [-0.39, 0.29) is 18.2 Å². The average molecular weight is 235 g/mol. The number of hydrogen-bond acceptors (Lipinski definition) is 3. The van der Waals surface area contributed by atoms with Gasteiger partial charge in [-0.1, -0.05) is 12.1 Å². The minimum atomic E-state index is 0.0387. The van der Waals surface area contributed by atoms with Crippen LogP contribution in [0.15, 0.2) is 24.3 Å². The van der Waals surface area contributed by atoms with Crippen LogP contribution in [0.25, 0.3) is 0 Å². The second-order valence-corrected chi connectivity index (χ2v) is 4.83. The molecular formula is C14H21NO2. The normalized spacial score (nSPS) is 24.9. The molecule has 2 rings (SSSR count). The maximum absolute atomic E-state index is 6.07. The van der Waals surface area contributed by atoms with Crippen LogP contribution >= 0.6 is 0 Å². The van der Waals surface area contributed by atoms with E-state index in [0.29, 0.717) is 0 Å². The lowest BCUT2D eigenvalue weighted by Gasteiger charge is -2.29. The Balaban J connectivity index is 2.06. The topological polar surface area (TPSA) is 44.5 Å². The van der Waals surface area contributed by atoms with Gasteiger partial charge in [-0.05, 0) is 44.4 Å². The maximum atomic E-state index is 6.07. The van der Waals surface area contributed by atoms with E-state index in [1.165, 1.54) is 0 Å². The van der Waals surface area contributed by atoms with E-state index in [9.17, 15) is 0 Å². The van der Waals surface area contributed by atoms with Crippen LogP contribution in [-0.2, 0) is 4.74 Å². The van der Waals surface area contributed by atoms with Crippen molar-refractivity contribution in [2.75, 3.05) is 6.61 Å². The lowest BCUT2D eigenvalue weighted by molar-refractivity contribution is 0.000114. The smallest absolute Gasteiger partial charge is 0.119 e. The van der Waals surface area contributed by atoms with Crippen molar-refractivity contribution in [3.05, 3.63) is 29.8 Å². The number of benzene rings is 1. The third-order valence-corrected chi connectivity index (χ3v) is 2.95. The van der Waals surface area contributed by atoms with Gasteiger partial charge in [-0.15, -0.1) is 0 Å². The Labute approximate surface area is 103 Å². The fraction of sp³-hybridized carbons (Fsp3) is 0.571. The highest BCUT2D eigenvalue weighted by Gasteiger charge is 2.23. The van der Waals surface area contributed by atoms with Gasteiger partial charge in [-0.25, -0.2) is 0 Å². The lowest BCUT2D eigenvalue weighted by Crippen LogP contribution is -2.34. The molecule has 0 radical (unpaired) electrons. The number of ether oxygens (including phenoxy) is 2. The zero-order chi connectivity index (χ0) is 12.3. The van der Waals surface area contributed by atoms with Crippen molar-refractivity contribution in [1.29, 1.82) is 0 Å². The molecule has 1 aliphatic rings. The van der Waals surface area contributed by atoms with Gasteiger partial charge in [0.05, 0.1) is 12.2 Å². The van der Waals surface area contributed by atoms with Crippen LogP contribution in [0, 0.1) is 0 Å². The van der Waals surface area contributed by atoms with Gasteiger partial charge < -0.3 is 15.2 Å². The third kappa shape index (κ3) is 3.20. The minimum absolute atomic E-state index is 0.0387. The number of rotatable bonds is 3. The van der Waals surface area contributed by atoms with Crippen LogP contribution in [0.2, 0.25) is 0 Å². The van der Waals surface area contributed by atoms with E-state index < -0.39 is 0 Å². The van der Waals surface area contributed by atoms with Gasteiger partial charge in [0.1, 0.15) is 5.75 Å².